The van der Waals surface area contributed by atoms with Crippen LogP contribution in [0, 0.1) is 5.82 Å². The van der Waals surface area contributed by atoms with Gasteiger partial charge in [-0.1, -0.05) is 23.7 Å². The molecular weight excluding hydrogens is 471 g/mol. The van der Waals surface area contributed by atoms with Crippen molar-refractivity contribution in [3.8, 4) is 0 Å². The number of halogens is 2. The first-order chi connectivity index (χ1) is 16.9. The van der Waals surface area contributed by atoms with E-state index in [0.29, 0.717) is 43.0 Å². The second kappa shape index (κ2) is 9.46. The van der Waals surface area contributed by atoms with Gasteiger partial charge < -0.3 is 9.80 Å². The molecule has 0 unspecified atom stereocenters. The largest absolute Gasteiger partial charge is 0.367 e. The fraction of sp³-hybridized carbons (Fsp3) is 0.231. The molecule has 7 nitrogen and oxygen atoms in total. The molecule has 2 aliphatic rings. The van der Waals surface area contributed by atoms with E-state index in [1.807, 2.05) is 11.0 Å². The Balaban J connectivity index is 1.29. The zero-order chi connectivity index (χ0) is 24.5. The summed E-state index contributed by atoms with van der Waals surface area (Å²) in [7, 11) is 0. The normalized spacial score (nSPS) is 15.5. The van der Waals surface area contributed by atoms with E-state index >= 15 is 0 Å². The van der Waals surface area contributed by atoms with Crippen LogP contribution in [-0.2, 0) is 17.8 Å². The molecule has 0 N–H and O–H groups in total. The summed E-state index contributed by atoms with van der Waals surface area (Å²) in [6.45, 7) is 1.97. The smallest absolute Gasteiger partial charge is 0.263 e. The van der Waals surface area contributed by atoms with Gasteiger partial charge in [-0.05, 0) is 42.0 Å². The fourth-order valence-electron chi connectivity index (χ4n) is 4.55. The number of hydrogen-bond donors (Lipinski definition) is 0. The maximum Gasteiger partial charge on any atom is 0.263 e. The highest BCUT2D eigenvalue weighted by atomic mass is 35.5. The zero-order valence-corrected chi connectivity index (χ0v) is 19.5. The molecule has 3 heterocycles. The average molecular weight is 493 g/mol. The van der Waals surface area contributed by atoms with Crippen LogP contribution in [0.2, 0.25) is 5.02 Å². The molecule has 0 spiro atoms. The highest BCUT2D eigenvalue weighted by Gasteiger charge is 2.39. The third-order valence-corrected chi connectivity index (χ3v) is 6.78. The second-order valence-electron chi connectivity index (χ2n) is 8.50. The molecule has 0 bridgehead atoms. The van der Waals surface area contributed by atoms with Crippen molar-refractivity contribution in [2.24, 2.45) is 0 Å². The van der Waals surface area contributed by atoms with E-state index in [-0.39, 0.29) is 41.3 Å². The summed E-state index contributed by atoms with van der Waals surface area (Å²) in [6.07, 6.45) is 3.14. The number of nitrogens with zero attached hydrogens (tertiary/aromatic N) is 4. The quantitative estimate of drug-likeness (QED) is 0.509. The van der Waals surface area contributed by atoms with Crippen molar-refractivity contribution >= 4 is 35.0 Å². The van der Waals surface area contributed by atoms with Gasteiger partial charge in [-0.25, -0.2) is 4.39 Å². The van der Waals surface area contributed by atoms with E-state index in [4.69, 9.17) is 11.6 Å². The Kier molecular flexibility index (Phi) is 6.21. The van der Waals surface area contributed by atoms with Crippen LogP contribution in [0.1, 0.15) is 31.8 Å². The lowest BCUT2D eigenvalue weighted by Gasteiger charge is -2.36. The molecule has 0 saturated carbocycles. The van der Waals surface area contributed by atoms with Crippen molar-refractivity contribution in [2.45, 2.75) is 13.0 Å². The first-order valence-corrected chi connectivity index (χ1v) is 11.7. The SMILES string of the molecule is O=C(Cc1c(F)cccc1Cl)N1CCN(c2cccc3c2C(=O)N(Cc2ccncc2)C3=O)CC1. The number of rotatable bonds is 5. The Hall–Kier alpha value is -3.78. The Morgan fingerprint density at radius 1 is 0.943 bits per heavy atom. The fourth-order valence-corrected chi connectivity index (χ4v) is 4.78. The number of amides is 3. The summed E-state index contributed by atoms with van der Waals surface area (Å²) in [4.78, 5) is 48.0. The van der Waals surface area contributed by atoms with Crippen molar-refractivity contribution < 1.29 is 18.8 Å². The monoisotopic (exact) mass is 492 g/mol. The number of anilines is 1. The zero-order valence-electron chi connectivity index (χ0n) is 18.8. The van der Waals surface area contributed by atoms with Gasteiger partial charge in [0.05, 0.1) is 29.8 Å². The minimum atomic E-state index is -0.496. The van der Waals surface area contributed by atoms with Gasteiger partial charge >= 0.3 is 0 Å². The third kappa shape index (κ3) is 4.37. The van der Waals surface area contributed by atoms with Gasteiger partial charge in [-0.3, -0.25) is 24.3 Å². The van der Waals surface area contributed by atoms with E-state index in [0.717, 1.165) is 5.56 Å². The van der Waals surface area contributed by atoms with Crippen LogP contribution >= 0.6 is 11.6 Å². The van der Waals surface area contributed by atoms with Gasteiger partial charge in [-0.2, -0.15) is 0 Å². The summed E-state index contributed by atoms with van der Waals surface area (Å²) in [5.41, 5.74) is 2.47. The highest BCUT2D eigenvalue weighted by Crippen LogP contribution is 2.33. The van der Waals surface area contributed by atoms with E-state index in [1.54, 1.807) is 47.6 Å². The summed E-state index contributed by atoms with van der Waals surface area (Å²) < 4.78 is 14.1. The molecule has 2 aromatic carbocycles. The number of fused-ring (bicyclic) bond motifs is 1. The van der Waals surface area contributed by atoms with Gasteiger partial charge in [-0.15, -0.1) is 0 Å². The summed E-state index contributed by atoms with van der Waals surface area (Å²) in [5, 5.41) is 0.233. The molecule has 0 atom stereocenters. The van der Waals surface area contributed by atoms with Crippen molar-refractivity contribution in [2.75, 3.05) is 31.1 Å². The lowest BCUT2D eigenvalue weighted by molar-refractivity contribution is -0.130. The van der Waals surface area contributed by atoms with Crippen LogP contribution in [0.3, 0.4) is 0 Å². The van der Waals surface area contributed by atoms with Crippen LogP contribution in [0.25, 0.3) is 0 Å². The van der Waals surface area contributed by atoms with E-state index < -0.39 is 5.82 Å². The van der Waals surface area contributed by atoms with Gasteiger partial charge in [0.25, 0.3) is 11.8 Å². The number of aromatic nitrogens is 1. The molecule has 5 rings (SSSR count). The molecule has 9 heteroatoms. The van der Waals surface area contributed by atoms with Gasteiger partial charge in [0.15, 0.2) is 0 Å². The van der Waals surface area contributed by atoms with Crippen molar-refractivity contribution in [3.05, 3.63) is 94.0 Å². The molecule has 35 heavy (non-hydrogen) atoms. The highest BCUT2D eigenvalue weighted by molar-refractivity contribution is 6.31. The van der Waals surface area contributed by atoms with Crippen LogP contribution in [-0.4, -0.2) is 58.7 Å². The lowest BCUT2D eigenvalue weighted by Crippen LogP contribution is -2.49. The summed E-state index contributed by atoms with van der Waals surface area (Å²) >= 11 is 6.07. The first-order valence-electron chi connectivity index (χ1n) is 11.3. The number of carbonyl (C=O) groups excluding carboxylic acids is 3. The average Bonchev–Trinajstić information content (AvgIpc) is 3.12. The number of pyridine rings is 1. The minimum Gasteiger partial charge on any atom is -0.367 e. The molecule has 1 aromatic heterocycles. The van der Waals surface area contributed by atoms with E-state index in [1.165, 1.54) is 17.0 Å². The number of hydrogen-bond acceptors (Lipinski definition) is 5. The number of benzene rings is 2. The Bertz CT molecular complexity index is 1290. The topological polar surface area (TPSA) is 73.8 Å². The van der Waals surface area contributed by atoms with Crippen LogP contribution in [0.4, 0.5) is 10.1 Å². The van der Waals surface area contributed by atoms with Gasteiger partial charge in [0, 0.05) is 49.2 Å². The Morgan fingerprint density at radius 3 is 2.37 bits per heavy atom. The molecule has 1 fully saturated rings. The summed E-state index contributed by atoms with van der Waals surface area (Å²) in [5.74, 6) is -1.35. The standard InChI is InChI=1S/C26H22ClFN4O3/c27-20-4-2-5-21(28)19(20)15-23(33)31-13-11-30(12-14-31)22-6-1-3-18-24(22)26(35)32(25(18)34)16-17-7-9-29-10-8-17/h1-10H,11-16H2. The lowest BCUT2D eigenvalue weighted by atomic mass is 10.1. The second-order valence-corrected chi connectivity index (χ2v) is 8.90. The maximum atomic E-state index is 14.1. The predicted octanol–water partition coefficient (Wildman–Crippen LogP) is 3.56. The molecular formula is C26H22ClFN4O3. The van der Waals surface area contributed by atoms with Crippen LogP contribution in [0.5, 0.6) is 0 Å². The number of imide groups is 1. The van der Waals surface area contributed by atoms with Crippen molar-refractivity contribution in [3.63, 3.8) is 0 Å². The molecule has 3 amide bonds. The third-order valence-electron chi connectivity index (χ3n) is 6.43. The molecule has 178 valence electrons. The first kappa shape index (κ1) is 23.0. The van der Waals surface area contributed by atoms with E-state index in [9.17, 15) is 18.8 Å². The molecule has 0 radical (unpaired) electrons. The molecule has 2 aliphatic heterocycles. The maximum absolute atomic E-state index is 14.1. The van der Waals surface area contributed by atoms with Gasteiger partial charge in [0.2, 0.25) is 5.91 Å². The molecule has 1 saturated heterocycles. The van der Waals surface area contributed by atoms with Crippen molar-refractivity contribution in [1.82, 2.24) is 14.8 Å². The minimum absolute atomic E-state index is 0.108. The predicted molar refractivity (Wildman–Crippen MR) is 129 cm³/mol. The Morgan fingerprint density at radius 2 is 1.66 bits per heavy atom. The van der Waals surface area contributed by atoms with Crippen molar-refractivity contribution in [1.29, 1.82) is 0 Å². The Labute approximate surface area is 206 Å². The molecule has 0 aliphatic carbocycles. The van der Waals surface area contributed by atoms with E-state index in [2.05, 4.69) is 4.98 Å². The number of carbonyl (C=O) groups is 3. The van der Waals surface area contributed by atoms with Gasteiger partial charge in [0.1, 0.15) is 5.82 Å². The number of piperazine rings is 1. The van der Waals surface area contributed by atoms with Crippen LogP contribution in [0.15, 0.2) is 60.9 Å². The molecule has 3 aromatic rings. The summed E-state index contributed by atoms with van der Waals surface area (Å²) in [6, 6.07) is 13.2. The van der Waals surface area contributed by atoms with Crippen LogP contribution < -0.4 is 4.90 Å².